The molecule has 0 aliphatic carbocycles. The summed E-state index contributed by atoms with van der Waals surface area (Å²) >= 11 is 0. The first kappa shape index (κ1) is 17.0. The third-order valence-corrected chi connectivity index (χ3v) is 3.49. The Morgan fingerprint density at radius 1 is 1.22 bits per heavy atom. The Balaban J connectivity index is 1.95. The van der Waals surface area contributed by atoms with E-state index in [1.165, 1.54) is 18.2 Å². The van der Waals surface area contributed by atoms with Gasteiger partial charge in [-0.15, -0.1) is 0 Å². The smallest absolute Gasteiger partial charge is 0.254 e. The summed E-state index contributed by atoms with van der Waals surface area (Å²) in [5, 5.41) is 13.0. The molecule has 5 heteroatoms. The van der Waals surface area contributed by atoms with Crippen molar-refractivity contribution in [3.05, 3.63) is 65.5 Å². The molecule has 2 rings (SSSR count). The van der Waals surface area contributed by atoms with Gasteiger partial charge >= 0.3 is 0 Å². The molecule has 0 spiro atoms. The molecule has 0 fully saturated rings. The molecule has 23 heavy (non-hydrogen) atoms. The highest BCUT2D eigenvalue weighted by Crippen LogP contribution is 2.17. The minimum Gasteiger partial charge on any atom is -0.497 e. The summed E-state index contributed by atoms with van der Waals surface area (Å²) in [6.07, 6.45) is 0.356. The van der Waals surface area contributed by atoms with E-state index in [0.29, 0.717) is 6.42 Å². The molecule has 2 N–H and O–H groups in total. The molecular weight excluding hydrogens is 297 g/mol. The maximum Gasteiger partial charge on any atom is 0.254 e. The highest BCUT2D eigenvalue weighted by atomic mass is 19.1. The molecule has 2 aromatic rings. The molecule has 1 atom stereocenters. The van der Waals surface area contributed by atoms with Crippen molar-refractivity contribution in [1.82, 2.24) is 5.32 Å². The molecule has 0 heterocycles. The lowest BCUT2D eigenvalue weighted by molar-refractivity contribution is 0.0551. The predicted octanol–water partition coefficient (Wildman–Crippen LogP) is 2.56. The van der Waals surface area contributed by atoms with Gasteiger partial charge in [0.15, 0.2) is 0 Å². The Labute approximate surface area is 134 Å². The van der Waals surface area contributed by atoms with Crippen LogP contribution in [0.4, 0.5) is 4.39 Å². The van der Waals surface area contributed by atoms with Crippen molar-refractivity contribution >= 4 is 5.91 Å². The van der Waals surface area contributed by atoms with E-state index in [2.05, 4.69) is 5.32 Å². The third kappa shape index (κ3) is 4.79. The van der Waals surface area contributed by atoms with Crippen molar-refractivity contribution in [2.45, 2.75) is 18.9 Å². The monoisotopic (exact) mass is 317 g/mol. The van der Waals surface area contributed by atoms with Gasteiger partial charge in [0.2, 0.25) is 0 Å². The summed E-state index contributed by atoms with van der Waals surface area (Å²) in [4.78, 5) is 12.0. The number of amides is 1. The number of methoxy groups -OCH3 is 1. The largest absolute Gasteiger partial charge is 0.497 e. The van der Waals surface area contributed by atoms with Crippen LogP contribution in [0.25, 0.3) is 0 Å². The predicted molar refractivity (Wildman–Crippen MR) is 86.1 cm³/mol. The Morgan fingerprint density at radius 3 is 2.48 bits per heavy atom. The van der Waals surface area contributed by atoms with Crippen LogP contribution < -0.4 is 10.1 Å². The molecule has 0 aromatic heterocycles. The van der Waals surface area contributed by atoms with Gasteiger partial charge in [0, 0.05) is 13.0 Å². The zero-order valence-corrected chi connectivity index (χ0v) is 13.2. The summed E-state index contributed by atoms with van der Waals surface area (Å²) in [7, 11) is 1.59. The minimum absolute atomic E-state index is 0.0200. The summed E-state index contributed by atoms with van der Waals surface area (Å²) in [5.74, 6) is -0.390. The topological polar surface area (TPSA) is 58.6 Å². The quantitative estimate of drug-likeness (QED) is 0.861. The second-order valence-corrected chi connectivity index (χ2v) is 5.68. The molecular formula is C18H20FNO3. The lowest BCUT2D eigenvalue weighted by atomic mass is 9.96. The maximum atomic E-state index is 13.5. The molecule has 1 amide bonds. The molecule has 0 saturated carbocycles. The van der Waals surface area contributed by atoms with Gasteiger partial charge in [-0.25, -0.2) is 4.39 Å². The van der Waals surface area contributed by atoms with Gasteiger partial charge in [-0.2, -0.15) is 0 Å². The standard InChI is InChI=1S/C18H20FNO3/c1-18(22,11-13-7-9-14(23-2)10-8-13)12-20-17(21)15-5-3-4-6-16(15)19/h3-10,22H,11-12H2,1-2H3,(H,20,21). The van der Waals surface area contributed by atoms with Crippen molar-refractivity contribution in [3.63, 3.8) is 0 Å². The van der Waals surface area contributed by atoms with E-state index in [-0.39, 0.29) is 12.1 Å². The van der Waals surface area contributed by atoms with E-state index >= 15 is 0 Å². The summed E-state index contributed by atoms with van der Waals surface area (Å²) in [6.45, 7) is 1.64. The first-order valence-electron chi connectivity index (χ1n) is 7.29. The number of ether oxygens (including phenoxy) is 1. The Kier molecular flexibility index (Phi) is 5.34. The number of carbonyl (C=O) groups is 1. The van der Waals surface area contributed by atoms with Gasteiger partial charge in [0.05, 0.1) is 18.3 Å². The van der Waals surface area contributed by atoms with Crippen LogP contribution in [-0.4, -0.2) is 30.3 Å². The van der Waals surface area contributed by atoms with Crippen molar-refractivity contribution in [3.8, 4) is 5.75 Å². The first-order chi connectivity index (χ1) is 10.9. The first-order valence-corrected chi connectivity index (χ1v) is 7.29. The number of nitrogens with one attached hydrogen (secondary N) is 1. The lowest BCUT2D eigenvalue weighted by Crippen LogP contribution is -2.42. The van der Waals surface area contributed by atoms with Gasteiger partial charge in [-0.1, -0.05) is 24.3 Å². The lowest BCUT2D eigenvalue weighted by Gasteiger charge is -2.24. The number of halogens is 1. The second-order valence-electron chi connectivity index (χ2n) is 5.68. The molecule has 0 bridgehead atoms. The number of hydrogen-bond acceptors (Lipinski definition) is 3. The van der Waals surface area contributed by atoms with Crippen LogP contribution in [0.2, 0.25) is 0 Å². The molecule has 0 radical (unpaired) electrons. The van der Waals surface area contributed by atoms with Crippen LogP contribution in [0.1, 0.15) is 22.8 Å². The van der Waals surface area contributed by atoms with Gasteiger partial charge < -0.3 is 15.2 Å². The summed E-state index contributed by atoms with van der Waals surface area (Å²) in [6, 6.07) is 13.1. The van der Waals surface area contributed by atoms with Crippen molar-refractivity contribution < 1.29 is 19.0 Å². The van der Waals surface area contributed by atoms with E-state index in [4.69, 9.17) is 4.74 Å². The summed E-state index contributed by atoms with van der Waals surface area (Å²) < 4.78 is 18.6. The molecule has 2 aromatic carbocycles. The molecule has 122 valence electrons. The third-order valence-electron chi connectivity index (χ3n) is 3.49. The Bertz CT molecular complexity index is 668. The fourth-order valence-corrected chi connectivity index (χ4v) is 2.26. The molecule has 0 saturated heterocycles. The second kappa shape index (κ2) is 7.24. The zero-order chi connectivity index (χ0) is 16.9. The number of benzene rings is 2. The van der Waals surface area contributed by atoms with Crippen LogP contribution >= 0.6 is 0 Å². The molecule has 0 aliphatic heterocycles. The summed E-state index contributed by atoms with van der Waals surface area (Å²) in [5.41, 5.74) is -0.265. The Hall–Kier alpha value is -2.40. The Morgan fingerprint density at radius 2 is 1.87 bits per heavy atom. The van der Waals surface area contributed by atoms with Gasteiger partial charge in [0.1, 0.15) is 11.6 Å². The van der Waals surface area contributed by atoms with E-state index in [1.807, 2.05) is 24.3 Å². The maximum absolute atomic E-state index is 13.5. The van der Waals surface area contributed by atoms with Gasteiger partial charge in [0.25, 0.3) is 5.91 Å². The van der Waals surface area contributed by atoms with E-state index < -0.39 is 17.3 Å². The number of carbonyl (C=O) groups excluding carboxylic acids is 1. The average molecular weight is 317 g/mol. The minimum atomic E-state index is -1.14. The van der Waals surface area contributed by atoms with Crippen LogP contribution in [0.15, 0.2) is 48.5 Å². The molecule has 4 nitrogen and oxygen atoms in total. The molecule has 1 unspecified atom stereocenters. The fraction of sp³-hybridized carbons (Fsp3) is 0.278. The van der Waals surface area contributed by atoms with Crippen LogP contribution in [0.3, 0.4) is 0 Å². The van der Waals surface area contributed by atoms with E-state index in [0.717, 1.165) is 11.3 Å². The van der Waals surface area contributed by atoms with Crippen molar-refractivity contribution in [1.29, 1.82) is 0 Å². The number of aliphatic hydroxyl groups is 1. The average Bonchev–Trinajstić information content (AvgIpc) is 2.53. The van der Waals surface area contributed by atoms with Crippen molar-refractivity contribution in [2.75, 3.05) is 13.7 Å². The number of rotatable bonds is 6. The SMILES string of the molecule is COc1ccc(CC(C)(O)CNC(=O)c2ccccc2F)cc1. The zero-order valence-electron chi connectivity index (χ0n) is 13.2. The van der Waals surface area contributed by atoms with Crippen molar-refractivity contribution in [2.24, 2.45) is 0 Å². The highest BCUT2D eigenvalue weighted by molar-refractivity contribution is 5.94. The van der Waals surface area contributed by atoms with Gasteiger partial charge in [-0.3, -0.25) is 4.79 Å². The number of hydrogen-bond donors (Lipinski definition) is 2. The van der Waals surface area contributed by atoms with E-state index in [9.17, 15) is 14.3 Å². The van der Waals surface area contributed by atoms with E-state index in [1.54, 1.807) is 20.1 Å². The highest BCUT2D eigenvalue weighted by Gasteiger charge is 2.23. The van der Waals surface area contributed by atoms with Crippen LogP contribution in [-0.2, 0) is 6.42 Å². The van der Waals surface area contributed by atoms with Crippen LogP contribution in [0, 0.1) is 5.82 Å². The molecule has 0 aliphatic rings. The normalized spacial score (nSPS) is 13.2. The van der Waals surface area contributed by atoms with Gasteiger partial charge in [-0.05, 0) is 36.8 Å². The fourth-order valence-electron chi connectivity index (χ4n) is 2.26. The van der Waals surface area contributed by atoms with Crippen LogP contribution in [0.5, 0.6) is 5.75 Å².